The Balaban J connectivity index is 2.04. The van der Waals surface area contributed by atoms with Gasteiger partial charge < -0.3 is 4.74 Å². The Morgan fingerprint density at radius 2 is 1.74 bits per heavy atom. The van der Waals surface area contributed by atoms with Gasteiger partial charge in [0.25, 0.3) is 0 Å². The first-order valence-corrected chi connectivity index (χ1v) is 9.61. The quantitative estimate of drug-likeness (QED) is 0.848. The van der Waals surface area contributed by atoms with Crippen molar-refractivity contribution in [3.63, 3.8) is 0 Å². The maximum Gasteiger partial charge on any atom is 0.201 e. The first-order valence-electron chi connectivity index (χ1n) is 8.06. The highest BCUT2D eigenvalue weighted by molar-refractivity contribution is 7.92. The Labute approximate surface area is 137 Å². The van der Waals surface area contributed by atoms with Gasteiger partial charge in [0.05, 0.1) is 4.90 Å². The van der Waals surface area contributed by atoms with Crippen LogP contribution in [0.15, 0.2) is 47.1 Å². The molecular weight excluding hydrogens is 312 g/mol. The molecule has 1 heterocycles. The van der Waals surface area contributed by atoms with Crippen LogP contribution in [0.4, 0.5) is 0 Å². The fraction of sp³-hybridized carbons (Fsp3) is 0.500. The van der Waals surface area contributed by atoms with E-state index in [4.69, 9.17) is 4.74 Å². The van der Waals surface area contributed by atoms with Crippen LogP contribution in [0.3, 0.4) is 0 Å². The van der Waals surface area contributed by atoms with Crippen molar-refractivity contribution in [1.29, 1.82) is 0 Å². The fourth-order valence-corrected chi connectivity index (χ4v) is 5.50. The van der Waals surface area contributed by atoms with Gasteiger partial charge in [0.2, 0.25) is 5.78 Å². The smallest absolute Gasteiger partial charge is 0.201 e. The Bertz CT molecular complexity index is 726. The van der Waals surface area contributed by atoms with Crippen LogP contribution in [-0.4, -0.2) is 25.1 Å². The van der Waals surface area contributed by atoms with Gasteiger partial charge in [-0.1, -0.05) is 31.0 Å². The highest BCUT2D eigenvalue weighted by Gasteiger charge is 2.46. The number of rotatable bonds is 4. The SMILES string of the molecule is CC1(C)OC(C(C2CCCC2)S(=O)(=O)c2ccccc2)=CC1=O. The molecule has 0 bridgehead atoms. The van der Waals surface area contributed by atoms with Gasteiger partial charge in [-0.3, -0.25) is 4.79 Å². The summed E-state index contributed by atoms with van der Waals surface area (Å²) in [5, 5.41) is -0.766. The van der Waals surface area contributed by atoms with E-state index in [-0.39, 0.29) is 11.7 Å². The van der Waals surface area contributed by atoms with Crippen LogP contribution in [0, 0.1) is 5.92 Å². The van der Waals surface area contributed by atoms with Crippen molar-refractivity contribution >= 4 is 15.6 Å². The molecule has 0 spiro atoms. The highest BCUT2D eigenvalue weighted by Crippen LogP contribution is 2.40. The second-order valence-corrected chi connectivity index (χ2v) is 8.92. The minimum absolute atomic E-state index is 0.00755. The molecule has 1 atom stereocenters. The lowest BCUT2D eigenvalue weighted by molar-refractivity contribution is -0.127. The molecule has 0 amide bonds. The first-order chi connectivity index (χ1) is 10.8. The lowest BCUT2D eigenvalue weighted by Crippen LogP contribution is -2.34. The van der Waals surface area contributed by atoms with Crippen LogP contribution in [0.25, 0.3) is 0 Å². The predicted molar refractivity (Wildman–Crippen MR) is 87.6 cm³/mol. The minimum Gasteiger partial charge on any atom is -0.483 e. The van der Waals surface area contributed by atoms with Gasteiger partial charge >= 0.3 is 0 Å². The fourth-order valence-electron chi connectivity index (χ4n) is 3.47. The summed E-state index contributed by atoms with van der Waals surface area (Å²) < 4.78 is 32.2. The van der Waals surface area contributed by atoms with E-state index in [1.807, 2.05) is 0 Å². The van der Waals surface area contributed by atoms with Crippen LogP contribution in [0.2, 0.25) is 0 Å². The van der Waals surface area contributed by atoms with Crippen LogP contribution < -0.4 is 0 Å². The Morgan fingerprint density at radius 1 is 1.13 bits per heavy atom. The molecule has 1 unspecified atom stereocenters. The Kier molecular flexibility index (Phi) is 4.08. The highest BCUT2D eigenvalue weighted by atomic mass is 32.2. The molecule has 0 N–H and O–H groups in total. The summed E-state index contributed by atoms with van der Waals surface area (Å²) in [6, 6.07) is 8.45. The number of benzene rings is 1. The second kappa shape index (κ2) is 5.78. The standard InChI is InChI=1S/C18H22O4S/c1-18(2)16(19)12-15(22-18)17(13-8-6-7-9-13)23(20,21)14-10-4-3-5-11-14/h3-5,10-13,17H,6-9H2,1-2H3. The topological polar surface area (TPSA) is 60.4 Å². The number of hydrogen-bond donors (Lipinski definition) is 0. The molecule has 0 saturated heterocycles. The lowest BCUT2D eigenvalue weighted by Gasteiger charge is -2.27. The van der Waals surface area contributed by atoms with Crippen LogP contribution in [0.5, 0.6) is 0 Å². The molecule has 4 nitrogen and oxygen atoms in total. The van der Waals surface area contributed by atoms with Crippen molar-refractivity contribution in [2.24, 2.45) is 5.92 Å². The Hall–Kier alpha value is -1.62. The van der Waals surface area contributed by atoms with E-state index in [1.54, 1.807) is 44.2 Å². The van der Waals surface area contributed by atoms with E-state index in [0.29, 0.717) is 10.7 Å². The largest absolute Gasteiger partial charge is 0.483 e. The minimum atomic E-state index is -3.59. The molecular formula is C18H22O4S. The predicted octanol–water partition coefficient (Wildman–Crippen LogP) is 3.28. The molecule has 1 aromatic carbocycles. The number of ether oxygens (including phenoxy) is 1. The number of hydrogen-bond acceptors (Lipinski definition) is 4. The summed E-state index contributed by atoms with van der Waals surface area (Å²) in [6.45, 7) is 3.36. The molecule has 3 rings (SSSR count). The van der Waals surface area contributed by atoms with E-state index in [2.05, 4.69) is 0 Å². The lowest BCUT2D eigenvalue weighted by atomic mass is 10.0. The molecule has 124 valence electrons. The van der Waals surface area contributed by atoms with E-state index in [0.717, 1.165) is 25.7 Å². The van der Waals surface area contributed by atoms with Crippen LogP contribution in [0.1, 0.15) is 39.5 Å². The maximum absolute atomic E-state index is 13.2. The zero-order chi connectivity index (χ0) is 16.7. The van der Waals surface area contributed by atoms with Gasteiger partial charge in [-0.2, -0.15) is 0 Å². The summed E-state index contributed by atoms with van der Waals surface area (Å²) in [5.74, 6) is 0.155. The molecule has 5 heteroatoms. The van der Waals surface area contributed by atoms with Crippen molar-refractivity contribution in [3.8, 4) is 0 Å². The average Bonchev–Trinajstić information content (AvgIpc) is 3.09. The van der Waals surface area contributed by atoms with Gasteiger partial charge in [0.15, 0.2) is 15.4 Å². The molecule has 0 radical (unpaired) electrons. The zero-order valence-electron chi connectivity index (χ0n) is 13.5. The van der Waals surface area contributed by atoms with Crippen molar-refractivity contribution in [1.82, 2.24) is 0 Å². The molecule has 1 fully saturated rings. The Morgan fingerprint density at radius 3 is 2.26 bits per heavy atom. The van der Waals surface area contributed by atoms with Gasteiger partial charge in [-0.25, -0.2) is 8.42 Å². The van der Waals surface area contributed by atoms with Crippen molar-refractivity contribution in [3.05, 3.63) is 42.2 Å². The first kappa shape index (κ1) is 16.2. The third-order valence-electron chi connectivity index (χ3n) is 4.75. The van der Waals surface area contributed by atoms with Gasteiger partial charge in [0, 0.05) is 6.08 Å². The molecule has 23 heavy (non-hydrogen) atoms. The van der Waals surface area contributed by atoms with Gasteiger partial charge in [0.1, 0.15) is 11.0 Å². The number of carbonyl (C=O) groups excluding carboxylic acids is 1. The summed E-state index contributed by atoms with van der Waals surface area (Å²) in [6.07, 6.45) is 5.15. The second-order valence-electron chi connectivity index (χ2n) is 6.85. The third kappa shape index (κ3) is 2.94. The van der Waals surface area contributed by atoms with Gasteiger partial charge in [-0.05, 0) is 44.7 Å². The third-order valence-corrected chi connectivity index (χ3v) is 6.97. The number of carbonyl (C=O) groups is 1. The maximum atomic E-state index is 13.2. The summed E-state index contributed by atoms with van der Waals surface area (Å²) in [7, 11) is -3.59. The normalized spacial score (nSPS) is 22.7. The summed E-state index contributed by atoms with van der Waals surface area (Å²) >= 11 is 0. The monoisotopic (exact) mass is 334 g/mol. The van der Waals surface area contributed by atoms with Gasteiger partial charge in [-0.15, -0.1) is 0 Å². The summed E-state index contributed by atoms with van der Waals surface area (Å²) in [5.41, 5.74) is -0.974. The van der Waals surface area contributed by atoms with E-state index in [1.165, 1.54) is 6.08 Å². The van der Waals surface area contributed by atoms with Crippen LogP contribution in [-0.2, 0) is 19.4 Å². The van der Waals surface area contributed by atoms with E-state index < -0.39 is 20.7 Å². The molecule has 0 aromatic heterocycles. The number of ketones is 1. The van der Waals surface area contributed by atoms with Crippen molar-refractivity contribution in [2.75, 3.05) is 0 Å². The summed E-state index contributed by atoms with van der Waals surface area (Å²) in [4.78, 5) is 12.4. The molecule has 1 saturated carbocycles. The molecule has 1 aliphatic carbocycles. The molecule has 2 aliphatic rings. The molecule has 1 aliphatic heterocycles. The van der Waals surface area contributed by atoms with Crippen LogP contribution >= 0.6 is 0 Å². The van der Waals surface area contributed by atoms with E-state index in [9.17, 15) is 13.2 Å². The molecule has 1 aromatic rings. The average molecular weight is 334 g/mol. The van der Waals surface area contributed by atoms with E-state index >= 15 is 0 Å². The zero-order valence-corrected chi connectivity index (χ0v) is 14.3. The number of sulfone groups is 1. The van der Waals surface area contributed by atoms with Crippen molar-refractivity contribution in [2.45, 2.75) is 55.3 Å². The van der Waals surface area contributed by atoms with Crippen molar-refractivity contribution < 1.29 is 17.9 Å².